The first-order valence-electron chi connectivity index (χ1n) is 5.92. The zero-order chi connectivity index (χ0) is 14.1. The molecule has 6 heteroatoms. The summed E-state index contributed by atoms with van der Waals surface area (Å²) in [5, 5.41) is 10.6. The Morgan fingerprint density at radius 2 is 1.62 bits per heavy atom. The molecule has 0 saturated carbocycles. The largest absolute Gasteiger partial charge is 0.286 e. The predicted octanol–water partition coefficient (Wildman–Crippen LogP) is 4.90. The lowest BCUT2D eigenvalue weighted by Crippen LogP contribution is -2.12. The van der Waals surface area contributed by atoms with Crippen molar-refractivity contribution < 1.29 is 4.39 Å². The van der Waals surface area contributed by atoms with Crippen molar-refractivity contribution in [1.29, 1.82) is 5.41 Å². The van der Waals surface area contributed by atoms with Crippen LogP contribution in [0.15, 0.2) is 53.9 Å². The molecular formula is C15H11Cl2FN2S. The highest BCUT2D eigenvalue weighted by molar-refractivity contribution is 7.07. The zero-order valence-electron chi connectivity index (χ0n) is 10.7. The van der Waals surface area contributed by atoms with Crippen LogP contribution in [-0.2, 0) is 0 Å². The molecule has 0 unspecified atom stereocenters. The molecule has 3 rings (SSSR count). The number of nitrogens with one attached hydrogen (secondary N) is 1. The standard InChI is InChI=1S/C15H10ClFN2S.ClH/c16-11-3-1-10(2-4-11)14-9-20-15(18)19(14)13-7-5-12(17)6-8-13;/h1-9,18H;1H. The van der Waals surface area contributed by atoms with Crippen molar-refractivity contribution in [3.63, 3.8) is 0 Å². The van der Waals surface area contributed by atoms with Gasteiger partial charge in [-0.05, 0) is 42.0 Å². The van der Waals surface area contributed by atoms with Crippen LogP contribution >= 0.6 is 35.3 Å². The average Bonchev–Trinajstić information content (AvgIpc) is 2.83. The number of hydrogen-bond donors (Lipinski definition) is 1. The lowest BCUT2D eigenvalue weighted by atomic mass is 10.1. The zero-order valence-corrected chi connectivity index (χ0v) is 13.1. The van der Waals surface area contributed by atoms with Gasteiger partial charge in [0.25, 0.3) is 0 Å². The Morgan fingerprint density at radius 3 is 2.24 bits per heavy atom. The van der Waals surface area contributed by atoms with E-state index in [2.05, 4.69) is 0 Å². The van der Waals surface area contributed by atoms with Crippen LogP contribution in [0.1, 0.15) is 0 Å². The number of hydrogen-bond acceptors (Lipinski definition) is 2. The highest BCUT2D eigenvalue weighted by Gasteiger charge is 2.09. The average molecular weight is 341 g/mol. The van der Waals surface area contributed by atoms with Gasteiger partial charge in [-0.1, -0.05) is 23.7 Å². The molecule has 0 saturated heterocycles. The van der Waals surface area contributed by atoms with Gasteiger partial charge in [-0.3, -0.25) is 9.98 Å². The van der Waals surface area contributed by atoms with Crippen molar-refractivity contribution in [2.75, 3.05) is 0 Å². The molecule has 2 aromatic carbocycles. The van der Waals surface area contributed by atoms with Gasteiger partial charge in [0.1, 0.15) is 5.82 Å². The first kappa shape index (κ1) is 15.8. The molecular weight excluding hydrogens is 330 g/mol. The van der Waals surface area contributed by atoms with E-state index >= 15 is 0 Å². The van der Waals surface area contributed by atoms with Crippen molar-refractivity contribution in [2.24, 2.45) is 0 Å². The summed E-state index contributed by atoms with van der Waals surface area (Å²) in [6.45, 7) is 0. The fourth-order valence-electron chi connectivity index (χ4n) is 1.99. The minimum atomic E-state index is -0.288. The third-order valence-electron chi connectivity index (χ3n) is 2.95. The Kier molecular flexibility index (Phi) is 4.83. The molecule has 1 heterocycles. The van der Waals surface area contributed by atoms with Crippen LogP contribution in [0.25, 0.3) is 16.9 Å². The molecule has 0 aliphatic rings. The summed E-state index contributed by atoms with van der Waals surface area (Å²) in [6.07, 6.45) is 0. The molecule has 0 amide bonds. The topological polar surface area (TPSA) is 28.8 Å². The van der Waals surface area contributed by atoms with E-state index in [9.17, 15) is 4.39 Å². The molecule has 1 N–H and O–H groups in total. The monoisotopic (exact) mass is 340 g/mol. The summed E-state index contributed by atoms with van der Waals surface area (Å²) >= 11 is 7.23. The second-order valence-electron chi connectivity index (χ2n) is 4.24. The second kappa shape index (κ2) is 6.43. The summed E-state index contributed by atoms with van der Waals surface area (Å²) < 4.78 is 14.8. The third kappa shape index (κ3) is 3.18. The van der Waals surface area contributed by atoms with Crippen molar-refractivity contribution in [3.05, 3.63) is 69.6 Å². The normalized spacial score (nSPS) is 10.2. The van der Waals surface area contributed by atoms with Gasteiger partial charge in [-0.25, -0.2) is 4.39 Å². The van der Waals surface area contributed by atoms with Crippen LogP contribution in [0, 0.1) is 11.2 Å². The molecule has 3 aromatic rings. The number of nitrogens with zero attached hydrogens (tertiary/aromatic N) is 1. The van der Waals surface area contributed by atoms with Crippen molar-refractivity contribution in [1.82, 2.24) is 4.57 Å². The fraction of sp³-hybridized carbons (Fsp3) is 0. The second-order valence-corrected chi connectivity index (χ2v) is 5.54. The van der Waals surface area contributed by atoms with E-state index < -0.39 is 0 Å². The van der Waals surface area contributed by atoms with Crippen LogP contribution in [0.2, 0.25) is 5.02 Å². The highest BCUT2D eigenvalue weighted by Crippen LogP contribution is 2.24. The van der Waals surface area contributed by atoms with Gasteiger partial charge >= 0.3 is 0 Å². The molecule has 0 atom stereocenters. The fourth-order valence-corrected chi connectivity index (χ4v) is 2.89. The summed E-state index contributed by atoms with van der Waals surface area (Å²) in [6, 6.07) is 13.6. The quantitative estimate of drug-likeness (QED) is 0.687. The maximum atomic E-state index is 13.0. The van der Waals surface area contributed by atoms with Gasteiger partial charge in [0.2, 0.25) is 0 Å². The summed E-state index contributed by atoms with van der Waals surface area (Å²) in [5.74, 6) is -0.288. The lowest BCUT2D eigenvalue weighted by molar-refractivity contribution is 0.627. The molecule has 0 aliphatic heterocycles. The van der Waals surface area contributed by atoms with Crippen molar-refractivity contribution >= 4 is 35.3 Å². The van der Waals surface area contributed by atoms with Crippen LogP contribution in [0.4, 0.5) is 4.39 Å². The molecule has 0 bridgehead atoms. The van der Waals surface area contributed by atoms with Crippen LogP contribution in [0.5, 0.6) is 0 Å². The van der Waals surface area contributed by atoms with Crippen molar-refractivity contribution in [3.8, 4) is 16.9 Å². The number of rotatable bonds is 2. The Hall–Kier alpha value is -1.62. The minimum Gasteiger partial charge on any atom is -0.286 e. The third-order valence-corrected chi connectivity index (χ3v) is 3.95. The number of benzene rings is 2. The SMILES string of the molecule is Cl.N=c1scc(-c2ccc(Cl)cc2)n1-c1ccc(F)cc1. The van der Waals surface area contributed by atoms with Gasteiger partial charge in [-0.2, -0.15) is 0 Å². The summed E-state index contributed by atoms with van der Waals surface area (Å²) in [7, 11) is 0. The van der Waals surface area contributed by atoms with Crippen LogP contribution in [0.3, 0.4) is 0 Å². The predicted molar refractivity (Wildman–Crippen MR) is 87.2 cm³/mol. The van der Waals surface area contributed by atoms with Gasteiger partial charge in [0.05, 0.1) is 5.69 Å². The molecule has 108 valence electrons. The van der Waals surface area contributed by atoms with Gasteiger partial charge in [0, 0.05) is 16.1 Å². The maximum absolute atomic E-state index is 13.0. The van der Waals surface area contributed by atoms with Gasteiger partial charge < -0.3 is 0 Å². The van der Waals surface area contributed by atoms with E-state index in [1.54, 1.807) is 16.7 Å². The molecule has 1 aromatic heterocycles. The molecule has 0 spiro atoms. The Labute approximate surface area is 136 Å². The Bertz CT molecular complexity index is 792. The molecule has 0 aliphatic carbocycles. The summed E-state index contributed by atoms with van der Waals surface area (Å²) in [5.41, 5.74) is 2.62. The van der Waals surface area contributed by atoms with E-state index in [1.807, 2.05) is 29.6 Å². The van der Waals surface area contributed by atoms with E-state index in [-0.39, 0.29) is 18.2 Å². The molecule has 21 heavy (non-hydrogen) atoms. The highest BCUT2D eigenvalue weighted by atomic mass is 35.5. The number of halogens is 3. The molecule has 2 nitrogen and oxygen atoms in total. The minimum absolute atomic E-state index is 0. The van der Waals surface area contributed by atoms with E-state index in [1.165, 1.54) is 23.5 Å². The Balaban J connectivity index is 0.00000161. The number of thiazole rings is 1. The van der Waals surface area contributed by atoms with Crippen molar-refractivity contribution in [2.45, 2.75) is 0 Å². The summed E-state index contributed by atoms with van der Waals surface area (Å²) in [4.78, 5) is 0.390. The number of aromatic nitrogens is 1. The van der Waals surface area contributed by atoms with Gasteiger partial charge in [-0.15, -0.1) is 23.7 Å². The molecule has 0 fully saturated rings. The van der Waals surface area contributed by atoms with Crippen LogP contribution < -0.4 is 4.80 Å². The maximum Gasteiger partial charge on any atom is 0.187 e. The molecule has 0 radical (unpaired) electrons. The van der Waals surface area contributed by atoms with E-state index in [0.29, 0.717) is 9.82 Å². The first-order chi connectivity index (χ1) is 9.65. The van der Waals surface area contributed by atoms with Crippen LogP contribution in [-0.4, -0.2) is 4.57 Å². The Morgan fingerprint density at radius 1 is 1.00 bits per heavy atom. The van der Waals surface area contributed by atoms with E-state index in [4.69, 9.17) is 17.0 Å². The van der Waals surface area contributed by atoms with E-state index in [0.717, 1.165) is 16.9 Å². The smallest absolute Gasteiger partial charge is 0.187 e. The van der Waals surface area contributed by atoms with Gasteiger partial charge in [0.15, 0.2) is 4.80 Å². The first-order valence-corrected chi connectivity index (χ1v) is 7.18. The lowest BCUT2D eigenvalue weighted by Gasteiger charge is -2.09.